The van der Waals surface area contributed by atoms with Crippen LogP contribution in [0.4, 0.5) is 0 Å². The number of nitrogens with one attached hydrogen (secondary N) is 1. The number of likely N-dealkylation sites (tertiary alicyclic amines) is 1. The number of hydrogen-bond donors (Lipinski definition) is 1. The Labute approximate surface area is 116 Å². The van der Waals surface area contributed by atoms with Gasteiger partial charge in [-0.25, -0.2) is 4.98 Å². The second-order valence-corrected chi connectivity index (χ2v) is 5.95. The molecule has 0 aromatic carbocycles. The van der Waals surface area contributed by atoms with Crippen molar-refractivity contribution in [2.75, 3.05) is 13.6 Å². The molecule has 2 atom stereocenters. The Bertz CT molecular complexity index is 388. The molecule has 2 rings (SSSR count). The SMILES string of the molecule is CNC(C)Cc1cnc(CC2CCCN2C(C)C)o1. The summed E-state index contributed by atoms with van der Waals surface area (Å²) in [5, 5.41) is 3.22. The fourth-order valence-electron chi connectivity index (χ4n) is 2.90. The van der Waals surface area contributed by atoms with Crippen LogP contribution >= 0.6 is 0 Å². The fourth-order valence-corrected chi connectivity index (χ4v) is 2.90. The second-order valence-electron chi connectivity index (χ2n) is 5.95. The van der Waals surface area contributed by atoms with Gasteiger partial charge in [-0.3, -0.25) is 4.90 Å². The third-order valence-corrected chi connectivity index (χ3v) is 4.10. The van der Waals surface area contributed by atoms with Gasteiger partial charge in [0, 0.05) is 31.0 Å². The van der Waals surface area contributed by atoms with Gasteiger partial charge in [-0.15, -0.1) is 0 Å². The van der Waals surface area contributed by atoms with Gasteiger partial charge in [-0.2, -0.15) is 0 Å². The number of nitrogens with zero attached hydrogens (tertiary/aromatic N) is 2. The Morgan fingerprint density at radius 1 is 1.47 bits per heavy atom. The van der Waals surface area contributed by atoms with Crippen molar-refractivity contribution in [1.29, 1.82) is 0 Å². The molecule has 19 heavy (non-hydrogen) atoms. The molecule has 1 aromatic rings. The van der Waals surface area contributed by atoms with Crippen LogP contribution in [0.2, 0.25) is 0 Å². The van der Waals surface area contributed by atoms with Crippen LogP contribution in [0.1, 0.15) is 45.3 Å². The fraction of sp³-hybridized carbons (Fsp3) is 0.800. The highest BCUT2D eigenvalue weighted by molar-refractivity contribution is 4.99. The smallest absolute Gasteiger partial charge is 0.195 e. The van der Waals surface area contributed by atoms with E-state index in [0.29, 0.717) is 18.1 Å². The van der Waals surface area contributed by atoms with Gasteiger partial charge in [0.25, 0.3) is 0 Å². The number of likely N-dealkylation sites (N-methyl/N-ethyl adjacent to an activating group) is 1. The summed E-state index contributed by atoms with van der Waals surface area (Å²) >= 11 is 0. The van der Waals surface area contributed by atoms with Gasteiger partial charge in [0.2, 0.25) is 0 Å². The number of hydrogen-bond acceptors (Lipinski definition) is 4. The van der Waals surface area contributed by atoms with Gasteiger partial charge in [-0.05, 0) is 47.2 Å². The van der Waals surface area contributed by atoms with E-state index < -0.39 is 0 Å². The lowest BCUT2D eigenvalue weighted by molar-refractivity contribution is 0.195. The van der Waals surface area contributed by atoms with Crippen LogP contribution in [0.3, 0.4) is 0 Å². The molecule has 1 N–H and O–H groups in total. The molecule has 0 aliphatic carbocycles. The van der Waals surface area contributed by atoms with E-state index in [1.54, 1.807) is 0 Å². The molecule has 108 valence electrons. The lowest BCUT2D eigenvalue weighted by Crippen LogP contribution is -2.36. The number of oxazole rings is 1. The average Bonchev–Trinajstić information content (AvgIpc) is 2.99. The zero-order valence-corrected chi connectivity index (χ0v) is 12.6. The van der Waals surface area contributed by atoms with Crippen LogP contribution in [0.25, 0.3) is 0 Å². The first-order valence-electron chi connectivity index (χ1n) is 7.46. The lowest BCUT2D eigenvalue weighted by Gasteiger charge is -2.27. The first-order valence-corrected chi connectivity index (χ1v) is 7.46. The summed E-state index contributed by atoms with van der Waals surface area (Å²) in [7, 11) is 1.97. The van der Waals surface area contributed by atoms with Crippen LogP contribution in [0.5, 0.6) is 0 Å². The van der Waals surface area contributed by atoms with E-state index in [4.69, 9.17) is 4.42 Å². The van der Waals surface area contributed by atoms with Gasteiger partial charge in [0.1, 0.15) is 5.76 Å². The highest BCUT2D eigenvalue weighted by Gasteiger charge is 2.27. The monoisotopic (exact) mass is 265 g/mol. The predicted octanol–water partition coefficient (Wildman–Crippen LogP) is 2.24. The Balaban J connectivity index is 1.92. The molecular weight excluding hydrogens is 238 g/mol. The summed E-state index contributed by atoms with van der Waals surface area (Å²) in [5.41, 5.74) is 0. The summed E-state index contributed by atoms with van der Waals surface area (Å²) < 4.78 is 5.87. The Morgan fingerprint density at radius 3 is 2.95 bits per heavy atom. The lowest BCUT2D eigenvalue weighted by atomic mass is 10.1. The summed E-state index contributed by atoms with van der Waals surface area (Å²) in [4.78, 5) is 7.01. The third-order valence-electron chi connectivity index (χ3n) is 4.10. The molecule has 0 bridgehead atoms. The molecule has 2 unspecified atom stereocenters. The maximum Gasteiger partial charge on any atom is 0.195 e. The minimum absolute atomic E-state index is 0.430. The number of aromatic nitrogens is 1. The summed E-state index contributed by atoms with van der Waals surface area (Å²) in [6, 6.07) is 1.65. The van der Waals surface area contributed by atoms with Crippen LogP contribution in [0, 0.1) is 0 Å². The molecule has 0 amide bonds. The van der Waals surface area contributed by atoms with Crippen LogP contribution in [-0.4, -0.2) is 41.6 Å². The first kappa shape index (κ1) is 14.5. The molecule has 1 aromatic heterocycles. The van der Waals surface area contributed by atoms with E-state index in [1.165, 1.54) is 19.4 Å². The van der Waals surface area contributed by atoms with Gasteiger partial charge in [0.15, 0.2) is 5.89 Å². The molecule has 1 aliphatic rings. The largest absolute Gasteiger partial charge is 0.446 e. The van der Waals surface area contributed by atoms with Crippen molar-refractivity contribution in [2.45, 2.75) is 64.6 Å². The molecule has 4 nitrogen and oxygen atoms in total. The molecule has 4 heteroatoms. The topological polar surface area (TPSA) is 41.3 Å². The standard InChI is InChI=1S/C15H27N3O/c1-11(2)18-7-5-6-13(18)9-15-17-10-14(19-15)8-12(3)16-4/h10-13,16H,5-9H2,1-4H3. The van der Waals surface area contributed by atoms with Gasteiger partial charge < -0.3 is 9.73 Å². The summed E-state index contributed by atoms with van der Waals surface area (Å²) in [5.74, 6) is 1.89. The van der Waals surface area contributed by atoms with Crippen molar-refractivity contribution in [3.63, 3.8) is 0 Å². The molecule has 1 aliphatic heterocycles. The maximum atomic E-state index is 5.87. The maximum absolute atomic E-state index is 5.87. The highest BCUT2D eigenvalue weighted by Crippen LogP contribution is 2.23. The molecule has 1 fully saturated rings. The average molecular weight is 265 g/mol. The third kappa shape index (κ3) is 3.80. The molecular formula is C15H27N3O. The van der Waals surface area contributed by atoms with E-state index in [1.807, 2.05) is 13.2 Å². The molecule has 2 heterocycles. The van der Waals surface area contributed by atoms with Gasteiger partial charge >= 0.3 is 0 Å². The van der Waals surface area contributed by atoms with Crippen molar-refractivity contribution in [2.24, 2.45) is 0 Å². The van der Waals surface area contributed by atoms with E-state index in [-0.39, 0.29) is 0 Å². The second kappa shape index (κ2) is 6.53. The van der Waals surface area contributed by atoms with Gasteiger partial charge in [-0.1, -0.05) is 0 Å². The van der Waals surface area contributed by atoms with Crippen LogP contribution in [-0.2, 0) is 12.8 Å². The molecule has 0 saturated carbocycles. The zero-order valence-electron chi connectivity index (χ0n) is 12.6. The van der Waals surface area contributed by atoms with E-state index in [2.05, 4.69) is 36.0 Å². The Kier molecular flexibility index (Phi) is 4.99. The molecule has 0 spiro atoms. The van der Waals surface area contributed by atoms with Crippen molar-refractivity contribution >= 4 is 0 Å². The van der Waals surface area contributed by atoms with E-state index in [0.717, 1.165) is 24.5 Å². The van der Waals surface area contributed by atoms with Crippen molar-refractivity contribution < 1.29 is 4.42 Å². The first-order chi connectivity index (χ1) is 9.10. The van der Waals surface area contributed by atoms with Crippen LogP contribution in [0.15, 0.2) is 10.6 Å². The number of rotatable bonds is 6. The Hall–Kier alpha value is -0.870. The normalized spacial score (nSPS) is 22.3. The van der Waals surface area contributed by atoms with E-state index in [9.17, 15) is 0 Å². The van der Waals surface area contributed by atoms with E-state index >= 15 is 0 Å². The summed E-state index contributed by atoms with van der Waals surface area (Å²) in [6.45, 7) is 7.91. The highest BCUT2D eigenvalue weighted by atomic mass is 16.4. The van der Waals surface area contributed by atoms with Crippen molar-refractivity contribution in [1.82, 2.24) is 15.2 Å². The minimum atomic E-state index is 0.430. The minimum Gasteiger partial charge on any atom is -0.446 e. The predicted molar refractivity (Wildman–Crippen MR) is 77.3 cm³/mol. The zero-order chi connectivity index (χ0) is 13.8. The van der Waals surface area contributed by atoms with Crippen LogP contribution < -0.4 is 5.32 Å². The molecule has 0 radical (unpaired) electrons. The quantitative estimate of drug-likeness (QED) is 0.856. The Morgan fingerprint density at radius 2 is 2.26 bits per heavy atom. The van der Waals surface area contributed by atoms with Gasteiger partial charge in [0.05, 0.1) is 6.20 Å². The van der Waals surface area contributed by atoms with Crippen molar-refractivity contribution in [3.05, 3.63) is 17.8 Å². The van der Waals surface area contributed by atoms with Crippen molar-refractivity contribution in [3.8, 4) is 0 Å². The summed E-state index contributed by atoms with van der Waals surface area (Å²) in [6.07, 6.45) is 6.31. The molecule has 1 saturated heterocycles.